The van der Waals surface area contributed by atoms with Crippen molar-refractivity contribution in [2.75, 3.05) is 7.11 Å². The molecule has 3 heterocycles. The summed E-state index contributed by atoms with van der Waals surface area (Å²) in [5.74, 6) is 1.44. The van der Waals surface area contributed by atoms with Crippen LogP contribution in [0.25, 0.3) is 11.1 Å². The fourth-order valence-corrected chi connectivity index (χ4v) is 5.04. The van der Waals surface area contributed by atoms with Crippen molar-refractivity contribution in [1.29, 1.82) is 5.26 Å². The number of rotatable bonds is 7. The second-order valence-electron chi connectivity index (χ2n) is 7.90. The number of thioether (sulfide) groups is 1. The second-order valence-corrected chi connectivity index (χ2v) is 8.83. The number of nitrogens with zero attached hydrogens (tertiary/aromatic N) is 3. The molecule has 0 radical (unpaired) electrons. The van der Waals surface area contributed by atoms with E-state index in [0.29, 0.717) is 22.4 Å². The lowest BCUT2D eigenvalue weighted by molar-refractivity contribution is 0.378. The average Bonchev–Trinajstić information content (AvgIpc) is 3.45. The van der Waals surface area contributed by atoms with Crippen LogP contribution in [-0.2, 0) is 12.2 Å². The maximum Gasteiger partial charge on any atom is 0.257 e. The molecule has 34 heavy (non-hydrogen) atoms. The molecular weight excluding hydrogens is 450 g/mol. The first-order valence-corrected chi connectivity index (χ1v) is 11.9. The minimum Gasteiger partial charge on any atom is -0.496 e. The van der Waals surface area contributed by atoms with Crippen molar-refractivity contribution in [2.45, 2.75) is 36.7 Å². The third kappa shape index (κ3) is 3.86. The van der Waals surface area contributed by atoms with Gasteiger partial charge in [-0.05, 0) is 30.2 Å². The summed E-state index contributed by atoms with van der Waals surface area (Å²) < 4.78 is 17.1. The molecule has 172 valence electrons. The molecule has 0 saturated heterocycles. The molecule has 1 aliphatic heterocycles. The van der Waals surface area contributed by atoms with Gasteiger partial charge in [0.25, 0.3) is 5.22 Å². The van der Waals surface area contributed by atoms with E-state index < -0.39 is 0 Å². The number of para-hydroxylation sites is 2. The maximum atomic E-state index is 9.92. The Morgan fingerprint density at radius 3 is 2.88 bits per heavy atom. The van der Waals surface area contributed by atoms with Crippen LogP contribution in [0.5, 0.6) is 11.6 Å². The van der Waals surface area contributed by atoms with Crippen LogP contribution >= 0.6 is 11.8 Å². The van der Waals surface area contributed by atoms with E-state index in [0.717, 1.165) is 52.1 Å². The first-order valence-electron chi connectivity index (χ1n) is 10.9. The number of allylic oxidation sites excluding steroid dienone is 1. The van der Waals surface area contributed by atoms with Gasteiger partial charge in [-0.25, -0.2) is 4.98 Å². The van der Waals surface area contributed by atoms with Gasteiger partial charge in [-0.15, -0.1) is 5.10 Å². The topological polar surface area (TPSA) is 123 Å². The van der Waals surface area contributed by atoms with E-state index in [1.165, 1.54) is 11.8 Å². The third-order valence-corrected chi connectivity index (χ3v) is 6.66. The zero-order valence-electron chi connectivity index (χ0n) is 18.8. The molecule has 5 rings (SSSR count). The SMILES string of the molecule is CCCc1[nH]nc2c1[C@@H](c1ccc(OC)c(CSc3nc4ccccc4o3)c1)C(C#N)=C(N)O2. The van der Waals surface area contributed by atoms with Crippen molar-refractivity contribution < 1.29 is 13.9 Å². The quantitative estimate of drug-likeness (QED) is 0.359. The van der Waals surface area contributed by atoms with Gasteiger partial charge in [0.2, 0.25) is 11.8 Å². The first-order chi connectivity index (χ1) is 16.6. The van der Waals surface area contributed by atoms with E-state index in [1.54, 1.807) is 7.11 Å². The number of hydrogen-bond donors (Lipinski definition) is 2. The summed E-state index contributed by atoms with van der Waals surface area (Å²) >= 11 is 1.49. The van der Waals surface area contributed by atoms with Crippen LogP contribution in [0.2, 0.25) is 0 Å². The molecule has 3 N–H and O–H groups in total. The number of oxazole rings is 1. The number of H-pyrrole nitrogens is 1. The highest BCUT2D eigenvalue weighted by Gasteiger charge is 2.35. The highest BCUT2D eigenvalue weighted by atomic mass is 32.2. The molecule has 2 aromatic carbocycles. The lowest BCUT2D eigenvalue weighted by Gasteiger charge is -2.25. The fourth-order valence-electron chi connectivity index (χ4n) is 4.23. The van der Waals surface area contributed by atoms with E-state index in [-0.39, 0.29) is 11.8 Å². The Morgan fingerprint density at radius 1 is 1.26 bits per heavy atom. The number of fused-ring (bicyclic) bond motifs is 2. The minimum absolute atomic E-state index is 0.0766. The summed E-state index contributed by atoms with van der Waals surface area (Å²) in [6.45, 7) is 2.09. The van der Waals surface area contributed by atoms with E-state index in [2.05, 4.69) is 28.2 Å². The van der Waals surface area contributed by atoms with Crippen molar-refractivity contribution >= 4 is 22.9 Å². The number of methoxy groups -OCH3 is 1. The summed E-state index contributed by atoms with van der Waals surface area (Å²) in [7, 11) is 1.64. The maximum absolute atomic E-state index is 9.92. The molecule has 0 spiro atoms. The smallest absolute Gasteiger partial charge is 0.257 e. The Balaban J connectivity index is 1.52. The molecular formula is C25H23N5O3S. The predicted octanol–water partition coefficient (Wildman–Crippen LogP) is 5.02. The number of hydrogen-bond acceptors (Lipinski definition) is 8. The molecule has 2 aromatic heterocycles. The number of aryl methyl sites for hydroxylation is 1. The van der Waals surface area contributed by atoms with Crippen LogP contribution in [0.1, 0.15) is 41.6 Å². The number of benzene rings is 2. The molecule has 8 nitrogen and oxygen atoms in total. The number of nitrogens with one attached hydrogen (secondary N) is 1. The number of aromatic amines is 1. The van der Waals surface area contributed by atoms with Crippen LogP contribution in [0, 0.1) is 11.3 Å². The van der Waals surface area contributed by atoms with Crippen LogP contribution in [0.3, 0.4) is 0 Å². The number of nitrogens with two attached hydrogens (primary N) is 1. The van der Waals surface area contributed by atoms with Crippen molar-refractivity contribution in [3.05, 3.63) is 76.3 Å². The van der Waals surface area contributed by atoms with E-state index in [9.17, 15) is 5.26 Å². The zero-order valence-corrected chi connectivity index (χ0v) is 19.6. The third-order valence-electron chi connectivity index (χ3n) is 5.78. The van der Waals surface area contributed by atoms with Crippen LogP contribution in [0.4, 0.5) is 0 Å². The van der Waals surface area contributed by atoms with Gasteiger partial charge in [-0.1, -0.05) is 49.4 Å². The molecule has 0 amide bonds. The van der Waals surface area contributed by atoms with Crippen LogP contribution < -0.4 is 15.2 Å². The molecule has 1 aliphatic rings. The van der Waals surface area contributed by atoms with Crippen molar-refractivity contribution in [1.82, 2.24) is 15.2 Å². The Morgan fingerprint density at radius 2 is 2.12 bits per heavy atom. The summed E-state index contributed by atoms with van der Waals surface area (Å²) in [4.78, 5) is 4.55. The van der Waals surface area contributed by atoms with Crippen molar-refractivity contribution in [3.8, 4) is 17.7 Å². The fraction of sp³-hybridized carbons (Fsp3) is 0.240. The predicted molar refractivity (Wildman–Crippen MR) is 128 cm³/mol. The minimum atomic E-state index is -0.381. The standard InChI is InChI=1S/C25H23N5O3S/c1-3-6-18-22-21(16(12-26)23(27)33-24(22)30-29-18)14-9-10-19(31-2)15(11-14)13-34-25-28-17-7-4-5-8-20(17)32-25/h4-5,7-11,21H,3,6,13,27H2,1-2H3,(H,29,30)/t21-/m0/s1. The van der Waals surface area contributed by atoms with Gasteiger partial charge < -0.3 is 19.6 Å². The van der Waals surface area contributed by atoms with Gasteiger partial charge in [0.05, 0.1) is 13.0 Å². The van der Waals surface area contributed by atoms with Gasteiger partial charge in [0.15, 0.2) is 5.58 Å². The van der Waals surface area contributed by atoms with Gasteiger partial charge in [0, 0.05) is 22.6 Å². The van der Waals surface area contributed by atoms with Crippen LogP contribution in [-0.4, -0.2) is 22.3 Å². The summed E-state index contributed by atoms with van der Waals surface area (Å²) in [6.07, 6.45) is 1.72. The number of ether oxygens (including phenoxy) is 2. The molecule has 0 aliphatic carbocycles. The van der Waals surface area contributed by atoms with Gasteiger partial charge in [0.1, 0.15) is 22.9 Å². The highest BCUT2D eigenvalue weighted by molar-refractivity contribution is 7.98. The van der Waals surface area contributed by atoms with Gasteiger partial charge in [-0.2, -0.15) is 5.26 Å². The normalized spacial score (nSPS) is 15.1. The first kappa shape index (κ1) is 21.9. The Kier molecular flexibility index (Phi) is 5.90. The van der Waals surface area contributed by atoms with Crippen molar-refractivity contribution in [3.63, 3.8) is 0 Å². The average molecular weight is 474 g/mol. The van der Waals surface area contributed by atoms with Crippen LogP contribution in [0.15, 0.2) is 63.6 Å². The molecule has 0 bridgehead atoms. The van der Waals surface area contributed by atoms with Gasteiger partial charge in [-0.3, -0.25) is 5.10 Å². The van der Waals surface area contributed by atoms with E-state index >= 15 is 0 Å². The van der Waals surface area contributed by atoms with Crippen molar-refractivity contribution in [2.24, 2.45) is 5.73 Å². The monoisotopic (exact) mass is 473 g/mol. The lowest BCUT2D eigenvalue weighted by Crippen LogP contribution is -2.21. The Hall–Kier alpha value is -3.90. The lowest BCUT2D eigenvalue weighted by atomic mass is 9.83. The molecule has 9 heteroatoms. The number of nitriles is 1. The van der Waals surface area contributed by atoms with E-state index in [4.69, 9.17) is 19.6 Å². The summed E-state index contributed by atoms with van der Waals surface area (Å²) in [6, 6.07) is 15.8. The Bertz CT molecular complexity index is 1400. The molecule has 1 atom stereocenters. The van der Waals surface area contributed by atoms with E-state index in [1.807, 2.05) is 42.5 Å². The highest BCUT2D eigenvalue weighted by Crippen LogP contribution is 2.44. The molecule has 0 unspecified atom stereocenters. The molecule has 0 fully saturated rings. The number of aromatic nitrogens is 3. The summed E-state index contributed by atoms with van der Waals surface area (Å²) in [5, 5.41) is 17.9. The Labute approximate surface area is 200 Å². The largest absolute Gasteiger partial charge is 0.496 e. The molecule has 4 aromatic rings. The summed E-state index contributed by atoms with van der Waals surface area (Å²) in [5.41, 5.74) is 11.7. The van der Waals surface area contributed by atoms with Gasteiger partial charge >= 0.3 is 0 Å². The molecule has 0 saturated carbocycles. The second kappa shape index (κ2) is 9.15. The zero-order chi connectivity index (χ0) is 23.7.